The Morgan fingerprint density at radius 2 is 2.05 bits per heavy atom. The number of nitrogens with zero attached hydrogens (tertiary/aromatic N) is 2. The van der Waals surface area contributed by atoms with Crippen molar-refractivity contribution in [1.82, 2.24) is 9.80 Å². The van der Waals surface area contributed by atoms with Crippen molar-refractivity contribution in [1.29, 1.82) is 0 Å². The number of carbonyl (C=O) groups is 2. The monoisotopic (exact) mass is 284 g/mol. The Morgan fingerprint density at radius 3 is 2.70 bits per heavy atom. The van der Waals surface area contributed by atoms with Crippen LogP contribution in [0.5, 0.6) is 0 Å². The molecule has 0 aromatic rings. The number of aliphatic carboxylic acids is 1. The van der Waals surface area contributed by atoms with Gasteiger partial charge in [0.2, 0.25) is 0 Å². The van der Waals surface area contributed by atoms with Gasteiger partial charge in [-0.2, -0.15) is 0 Å². The van der Waals surface area contributed by atoms with Crippen LogP contribution in [0.15, 0.2) is 0 Å². The van der Waals surface area contributed by atoms with Crippen molar-refractivity contribution in [3.05, 3.63) is 0 Å². The predicted octanol–water partition coefficient (Wildman–Crippen LogP) is 1.40. The molecular weight excluding hydrogens is 260 g/mol. The first-order valence-electron chi connectivity index (χ1n) is 7.27. The molecule has 2 fully saturated rings. The minimum Gasteiger partial charge on any atom is -0.481 e. The molecule has 0 bridgehead atoms. The molecule has 0 radical (unpaired) electrons. The number of carboxylic acid groups (broad SMARTS) is 1. The topological polar surface area (TPSA) is 70.1 Å². The van der Waals surface area contributed by atoms with Gasteiger partial charge < -0.3 is 19.6 Å². The maximum absolute atomic E-state index is 12.5. The van der Waals surface area contributed by atoms with E-state index in [1.54, 1.807) is 4.90 Å². The van der Waals surface area contributed by atoms with Gasteiger partial charge in [-0.3, -0.25) is 4.79 Å². The summed E-state index contributed by atoms with van der Waals surface area (Å²) in [6, 6.07) is 0.0245. The first kappa shape index (κ1) is 15.1. The number of morpholine rings is 1. The van der Waals surface area contributed by atoms with E-state index in [1.807, 2.05) is 18.7 Å². The van der Waals surface area contributed by atoms with E-state index in [2.05, 4.69) is 0 Å². The highest BCUT2D eigenvalue weighted by molar-refractivity contribution is 5.75. The van der Waals surface area contributed by atoms with Gasteiger partial charge in [0, 0.05) is 26.1 Å². The molecule has 0 saturated carbocycles. The number of hydrogen-bond acceptors (Lipinski definition) is 3. The molecule has 2 aliphatic heterocycles. The third-order valence-electron chi connectivity index (χ3n) is 3.95. The molecule has 6 nitrogen and oxygen atoms in total. The summed E-state index contributed by atoms with van der Waals surface area (Å²) in [5.74, 6) is -0.698. The number of rotatable bonds is 2. The lowest BCUT2D eigenvalue weighted by molar-refractivity contribution is -0.138. The molecule has 114 valence electrons. The van der Waals surface area contributed by atoms with E-state index in [1.165, 1.54) is 0 Å². The summed E-state index contributed by atoms with van der Waals surface area (Å²) in [5.41, 5.74) is -0.301. The Labute approximate surface area is 119 Å². The number of amides is 2. The number of ether oxygens (including phenoxy) is 1. The molecule has 0 aliphatic carbocycles. The third kappa shape index (κ3) is 3.85. The van der Waals surface area contributed by atoms with Crippen LogP contribution in [0.1, 0.15) is 33.1 Å². The molecule has 2 amide bonds. The van der Waals surface area contributed by atoms with Crippen LogP contribution >= 0.6 is 0 Å². The molecule has 0 aromatic carbocycles. The van der Waals surface area contributed by atoms with E-state index < -0.39 is 5.97 Å². The molecule has 2 rings (SSSR count). The third-order valence-corrected chi connectivity index (χ3v) is 3.95. The van der Waals surface area contributed by atoms with E-state index in [0.717, 1.165) is 19.4 Å². The maximum atomic E-state index is 12.5. The van der Waals surface area contributed by atoms with Gasteiger partial charge in [-0.25, -0.2) is 4.79 Å². The molecule has 0 aromatic heterocycles. The molecule has 20 heavy (non-hydrogen) atoms. The number of piperidine rings is 1. The standard InChI is InChI=1S/C14H24N2O4/c1-14(2)10-16(6-7-20-14)13(19)15-5-3-4-11(9-15)8-12(17)18/h11H,3-10H2,1-2H3,(H,17,18). The average molecular weight is 284 g/mol. The molecule has 0 spiro atoms. The second-order valence-corrected chi connectivity index (χ2v) is 6.36. The molecule has 2 heterocycles. The van der Waals surface area contributed by atoms with E-state index in [9.17, 15) is 9.59 Å². The lowest BCUT2D eigenvalue weighted by atomic mass is 9.95. The summed E-state index contributed by atoms with van der Waals surface area (Å²) in [4.78, 5) is 27.0. The lowest BCUT2D eigenvalue weighted by Gasteiger charge is -2.42. The highest BCUT2D eigenvalue weighted by Crippen LogP contribution is 2.23. The van der Waals surface area contributed by atoms with Gasteiger partial charge in [0.25, 0.3) is 0 Å². The van der Waals surface area contributed by atoms with Crippen LogP contribution in [-0.4, -0.2) is 65.3 Å². The fourth-order valence-corrected chi connectivity index (χ4v) is 3.03. The molecule has 2 aliphatic rings. The summed E-state index contributed by atoms with van der Waals surface area (Å²) in [6.45, 7) is 7.01. The second-order valence-electron chi connectivity index (χ2n) is 6.36. The fraction of sp³-hybridized carbons (Fsp3) is 0.857. The SMILES string of the molecule is CC1(C)CN(C(=O)N2CCCC(CC(=O)O)C2)CCO1. The maximum Gasteiger partial charge on any atom is 0.320 e. The van der Waals surface area contributed by atoms with Crippen molar-refractivity contribution in [2.24, 2.45) is 5.92 Å². The number of hydrogen-bond donors (Lipinski definition) is 1. The Morgan fingerprint density at radius 1 is 1.30 bits per heavy atom. The molecule has 1 unspecified atom stereocenters. The quantitative estimate of drug-likeness (QED) is 0.832. The van der Waals surface area contributed by atoms with Crippen molar-refractivity contribution < 1.29 is 19.4 Å². The first-order valence-corrected chi connectivity index (χ1v) is 7.27. The van der Waals surface area contributed by atoms with Crippen LogP contribution in [0.2, 0.25) is 0 Å². The van der Waals surface area contributed by atoms with Crippen molar-refractivity contribution >= 4 is 12.0 Å². The summed E-state index contributed by atoms with van der Waals surface area (Å²) < 4.78 is 5.62. The van der Waals surface area contributed by atoms with Gasteiger partial charge in [-0.15, -0.1) is 0 Å². The fourth-order valence-electron chi connectivity index (χ4n) is 3.03. The Balaban J connectivity index is 1.93. The van der Waals surface area contributed by atoms with E-state index in [0.29, 0.717) is 26.2 Å². The van der Waals surface area contributed by atoms with Gasteiger partial charge in [-0.05, 0) is 32.6 Å². The second kappa shape index (κ2) is 5.99. The largest absolute Gasteiger partial charge is 0.481 e. The summed E-state index contributed by atoms with van der Waals surface area (Å²) >= 11 is 0. The number of carbonyl (C=O) groups excluding carboxylic acids is 1. The van der Waals surface area contributed by atoms with Crippen LogP contribution in [0.3, 0.4) is 0 Å². The Kier molecular flexibility index (Phi) is 4.52. The van der Waals surface area contributed by atoms with Crippen LogP contribution < -0.4 is 0 Å². The Hall–Kier alpha value is -1.30. The van der Waals surface area contributed by atoms with Crippen molar-refractivity contribution in [3.63, 3.8) is 0 Å². The van der Waals surface area contributed by atoms with Crippen LogP contribution in [-0.2, 0) is 9.53 Å². The van der Waals surface area contributed by atoms with Crippen molar-refractivity contribution in [2.75, 3.05) is 32.8 Å². The van der Waals surface area contributed by atoms with Gasteiger partial charge >= 0.3 is 12.0 Å². The minimum atomic E-state index is -0.781. The zero-order chi connectivity index (χ0) is 14.8. The first-order chi connectivity index (χ1) is 9.37. The van der Waals surface area contributed by atoms with Crippen LogP contribution in [0.25, 0.3) is 0 Å². The molecule has 2 saturated heterocycles. The smallest absolute Gasteiger partial charge is 0.320 e. The van der Waals surface area contributed by atoms with Crippen molar-refractivity contribution in [2.45, 2.75) is 38.7 Å². The Bertz CT molecular complexity index is 383. The predicted molar refractivity (Wildman–Crippen MR) is 73.5 cm³/mol. The van der Waals surface area contributed by atoms with Gasteiger partial charge in [-0.1, -0.05) is 0 Å². The zero-order valence-electron chi connectivity index (χ0n) is 12.3. The zero-order valence-corrected chi connectivity index (χ0v) is 12.3. The van der Waals surface area contributed by atoms with Gasteiger partial charge in [0.15, 0.2) is 0 Å². The van der Waals surface area contributed by atoms with Crippen LogP contribution in [0.4, 0.5) is 4.79 Å². The minimum absolute atomic E-state index is 0.0245. The van der Waals surface area contributed by atoms with Gasteiger partial charge in [0.1, 0.15) is 0 Å². The highest BCUT2D eigenvalue weighted by Gasteiger charge is 2.34. The van der Waals surface area contributed by atoms with Gasteiger partial charge in [0.05, 0.1) is 18.8 Å². The number of carboxylic acids is 1. The van der Waals surface area contributed by atoms with Crippen LogP contribution in [0, 0.1) is 5.92 Å². The average Bonchev–Trinajstić information content (AvgIpc) is 2.36. The number of urea groups is 1. The highest BCUT2D eigenvalue weighted by atomic mass is 16.5. The summed E-state index contributed by atoms with van der Waals surface area (Å²) in [6.07, 6.45) is 1.93. The normalized spacial score (nSPS) is 26.4. The number of likely N-dealkylation sites (tertiary alicyclic amines) is 1. The summed E-state index contributed by atoms with van der Waals surface area (Å²) in [7, 11) is 0. The molecule has 1 N–H and O–H groups in total. The summed E-state index contributed by atoms with van der Waals surface area (Å²) in [5, 5.41) is 8.88. The van der Waals surface area contributed by atoms with E-state index in [4.69, 9.17) is 9.84 Å². The molecular formula is C14H24N2O4. The molecule has 1 atom stereocenters. The van der Waals surface area contributed by atoms with E-state index in [-0.39, 0.29) is 24.0 Å². The van der Waals surface area contributed by atoms with Crippen molar-refractivity contribution in [3.8, 4) is 0 Å². The van der Waals surface area contributed by atoms with E-state index >= 15 is 0 Å². The lowest BCUT2D eigenvalue weighted by Crippen LogP contribution is -2.55. The molecule has 6 heteroatoms.